The molecule has 48 heavy (non-hydrogen) atoms. The van der Waals surface area contributed by atoms with E-state index in [9.17, 15) is 19.8 Å². The molecule has 278 valence electrons. The van der Waals surface area contributed by atoms with Gasteiger partial charge < -0.3 is 19.7 Å². The van der Waals surface area contributed by atoms with E-state index in [1.54, 1.807) is 0 Å². The van der Waals surface area contributed by atoms with Gasteiger partial charge in [-0.25, -0.2) is 0 Å². The first kappa shape index (κ1) is 45.8. The van der Waals surface area contributed by atoms with E-state index in [4.69, 9.17) is 9.47 Å². The van der Waals surface area contributed by atoms with Crippen molar-refractivity contribution >= 4 is 11.9 Å². The van der Waals surface area contributed by atoms with Crippen LogP contribution in [0.5, 0.6) is 0 Å². The largest absolute Gasteiger partial charge is 0.462 e. The van der Waals surface area contributed by atoms with Gasteiger partial charge in [0.15, 0.2) is 6.10 Å². The Hall–Kier alpha value is -2.18. The zero-order valence-electron chi connectivity index (χ0n) is 31.1. The number of ether oxygens (including phenoxy) is 2. The van der Waals surface area contributed by atoms with E-state index in [-0.39, 0.29) is 37.7 Å². The molecule has 0 saturated carbocycles. The molecule has 0 rings (SSSR count). The fourth-order valence-electron chi connectivity index (χ4n) is 5.35. The number of carbonyl (C=O) groups is 2. The number of carbonyl (C=O) groups excluding carboxylic acids is 2. The van der Waals surface area contributed by atoms with Crippen LogP contribution in [-0.2, 0) is 19.1 Å². The van der Waals surface area contributed by atoms with Gasteiger partial charge in [-0.15, -0.1) is 0 Å². The van der Waals surface area contributed by atoms with E-state index < -0.39 is 6.10 Å². The fourth-order valence-corrected chi connectivity index (χ4v) is 5.35. The normalized spacial score (nSPS) is 13.3. The molecule has 0 fully saturated rings. The van der Waals surface area contributed by atoms with E-state index in [0.29, 0.717) is 12.8 Å². The minimum Gasteiger partial charge on any atom is -0.462 e. The minimum absolute atomic E-state index is 0.0951. The Balaban J connectivity index is 3.66. The molecule has 0 heterocycles. The maximum Gasteiger partial charge on any atom is 0.306 e. The molecule has 2 N–H and O–H groups in total. The average Bonchev–Trinajstić information content (AvgIpc) is 3.09. The molecule has 0 aromatic carbocycles. The minimum atomic E-state index is -0.808. The number of unbranched alkanes of at least 4 members (excludes halogenated alkanes) is 16. The average molecular weight is 675 g/mol. The summed E-state index contributed by atoms with van der Waals surface area (Å²) in [4.78, 5) is 24.2. The fraction of sp³-hybridized carbons (Fsp3) is 0.762. The van der Waals surface area contributed by atoms with Gasteiger partial charge in [0.1, 0.15) is 6.61 Å². The lowest BCUT2D eigenvalue weighted by atomic mass is 10.0. The van der Waals surface area contributed by atoms with Crippen LogP contribution >= 0.6 is 0 Å². The van der Waals surface area contributed by atoms with Gasteiger partial charge in [-0.1, -0.05) is 159 Å². The number of aliphatic hydroxyl groups is 2. The van der Waals surface area contributed by atoms with Crippen LogP contribution in [0.25, 0.3) is 0 Å². The molecule has 0 aliphatic heterocycles. The summed E-state index contributed by atoms with van der Waals surface area (Å²) < 4.78 is 10.5. The SMILES string of the molecule is CCCCCCCCCCCCCCCCCCC(=O)OC[C@H](CO)OC(=O)CCC/C=C\C/C=C\C/C=C\C/C=C\CC[C@H](O)CC. The number of hydrogen-bond donors (Lipinski definition) is 2. The van der Waals surface area contributed by atoms with Crippen molar-refractivity contribution < 1.29 is 29.3 Å². The third kappa shape index (κ3) is 35.1. The van der Waals surface area contributed by atoms with Crippen molar-refractivity contribution in [3.05, 3.63) is 48.6 Å². The van der Waals surface area contributed by atoms with Gasteiger partial charge in [0.2, 0.25) is 0 Å². The molecular formula is C42H74O6. The van der Waals surface area contributed by atoms with Gasteiger partial charge >= 0.3 is 11.9 Å². The van der Waals surface area contributed by atoms with E-state index in [1.165, 1.54) is 83.5 Å². The number of hydrogen-bond acceptors (Lipinski definition) is 6. The highest BCUT2D eigenvalue weighted by Crippen LogP contribution is 2.14. The second kappa shape index (κ2) is 37.6. The zero-order chi connectivity index (χ0) is 35.2. The predicted octanol–water partition coefficient (Wildman–Crippen LogP) is 11.2. The van der Waals surface area contributed by atoms with E-state index in [2.05, 4.69) is 55.5 Å². The van der Waals surface area contributed by atoms with Crippen molar-refractivity contribution in [2.75, 3.05) is 13.2 Å². The Morgan fingerprint density at radius 3 is 1.48 bits per heavy atom. The summed E-state index contributed by atoms with van der Waals surface area (Å²) in [6.45, 7) is 3.81. The van der Waals surface area contributed by atoms with Gasteiger partial charge in [0.25, 0.3) is 0 Å². The molecule has 0 aromatic rings. The summed E-state index contributed by atoms with van der Waals surface area (Å²) in [7, 11) is 0. The summed E-state index contributed by atoms with van der Waals surface area (Å²) in [5, 5.41) is 19.1. The van der Waals surface area contributed by atoms with Crippen molar-refractivity contribution in [1.29, 1.82) is 0 Å². The molecule has 0 spiro atoms. The van der Waals surface area contributed by atoms with Crippen molar-refractivity contribution in [2.45, 2.75) is 193 Å². The summed E-state index contributed by atoms with van der Waals surface area (Å²) in [5.41, 5.74) is 0. The highest BCUT2D eigenvalue weighted by molar-refractivity contribution is 5.70. The summed E-state index contributed by atoms with van der Waals surface area (Å²) >= 11 is 0. The molecule has 0 aliphatic rings. The molecular weight excluding hydrogens is 600 g/mol. The maximum atomic E-state index is 12.1. The van der Waals surface area contributed by atoms with E-state index >= 15 is 0 Å². The standard InChI is InChI=1S/C42H74O6/c1-3-5-6-7-8-9-10-11-12-13-17-20-23-26-29-32-35-41(45)47-38-40(37-43)48-42(46)36-33-30-27-24-21-18-15-14-16-19-22-25-28-31-34-39(44)4-2/h15-16,18-19,24-25,27-28,39-40,43-44H,3-14,17,20-23,26,29-38H2,1-2H3/b18-15-,19-16-,27-24-,28-25-/t39-,40+/m1/s1. The van der Waals surface area contributed by atoms with Crippen molar-refractivity contribution in [2.24, 2.45) is 0 Å². The number of aliphatic hydroxyl groups excluding tert-OH is 2. The first-order chi connectivity index (χ1) is 23.5. The van der Waals surface area contributed by atoms with Crippen molar-refractivity contribution in [1.82, 2.24) is 0 Å². The van der Waals surface area contributed by atoms with Crippen LogP contribution < -0.4 is 0 Å². The zero-order valence-corrected chi connectivity index (χ0v) is 31.1. The highest BCUT2D eigenvalue weighted by Gasteiger charge is 2.16. The lowest BCUT2D eigenvalue weighted by molar-refractivity contribution is -0.161. The molecule has 6 nitrogen and oxygen atoms in total. The third-order valence-electron chi connectivity index (χ3n) is 8.54. The van der Waals surface area contributed by atoms with Crippen LogP contribution in [0.3, 0.4) is 0 Å². The number of rotatable bonds is 35. The molecule has 2 atom stereocenters. The van der Waals surface area contributed by atoms with Gasteiger partial charge in [0.05, 0.1) is 12.7 Å². The van der Waals surface area contributed by atoms with Crippen LogP contribution in [-0.4, -0.2) is 47.6 Å². The van der Waals surface area contributed by atoms with E-state index in [0.717, 1.165) is 64.2 Å². The quantitative estimate of drug-likeness (QED) is 0.0395. The maximum absolute atomic E-state index is 12.1. The first-order valence-corrected chi connectivity index (χ1v) is 19.8. The van der Waals surface area contributed by atoms with Crippen LogP contribution in [0.4, 0.5) is 0 Å². The molecule has 0 aliphatic carbocycles. The first-order valence-electron chi connectivity index (χ1n) is 19.8. The van der Waals surface area contributed by atoms with Crippen LogP contribution in [0.1, 0.15) is 181 Å². The molecule has 0 bridgehead atoms. The second-order valence-corrected chi connectivity index (χ2v) is 13.2. The molecule has 0 saturated heterocycles. The van der Waals surface area contributed by atoms with Gasteiger partial charge in [0, 0.05) is 12.8 Å². The van der Waals surface area contributed by atoms with Crippen LogP contribution in [0.15, 0.2) is 48.6 Å². The molecule has 0 amide bonds. The lowest BCUT2D eigenvalue weighted by Gasteiger charge is -2.15. The number of allylic oxidation sites excluding steroid dienone is 8. The van der Waals surface area contributed by atoms with Crippen LogP contribution in [0.2, 0.25) is 0 Å². The van der Waals surface area contributed by atoms with Gasteiger partial charge in [-0.2, -0.15) is 0 Å². The lowest BCUT2D eigenvalue weighted by Crippen LogP contribution is -2.28. The van der Waals surface area contributed by atoms with Gasteiger partial charge in [-0.3, -0.25) is 9.59 Å². The smallest absolute Gasteiger partial charge is 0.306 e. The molecule has 6 heteroatoms. The predicted molar refractivity (Wildman–Crippen MR) is 202 cm³/mol. The Bertz CT molecular complexity index is 830. The Morgan fingerprint density at radius 2 is 1.00 bits per heavy atom. The Labute approximate surface area is 295 Å². The highest BCUT2D eigenvalue weighted by atomic mass is 16.6. The summed E-state index contributed by atoms with van der Waals surface area (Å²) in [6, 6.07) is 0. The monoisotopic (exact) mass is 675 g/mol. The van der Waals surface area contributed by atoms with Gasteiger partial charge in [-0.05, 0) is 57.8 Å². The topological polar surface area (TPSA) is 93.1 Å². The molecule has 0 aromatic heterocycles. The second-order valence-electron chi connectivity index (χ2n) is 13.2. The Morgan fingerprint density at radius 1 is 0.562 bits per heavy atom. The third-order valence-corrected chi connectivity index (χ3v) is 8.54. The summed E-state index contributed by atoms with van der Waals surface area (Å²) in [5.74, 6) is -0.672. The van der Waals surface area contributed by atoms with Crippen molar-refractivity contribution in [3.8, 4) is 0 Å². The molecule has 0 radical (unpaired) electrons. The van der Waals surface area contributed by atoms with E-state index in [1.807, 2.05) is 6.92 Å². The number of esters is 2. The summed E-state index contributed by atoms with van der Waals surface area (Å²) in [6.07, 6.45) is 44.0. The Kier molecular flexibility index (Phi) is 35.9. The van der Waals surface area contributed by atoms with Crippen molar-refractivity contribution in [3.63, 3.8) is 0 Å². The molecule has 0 unspecified atom stereocenters. The van der Waals surface area contributed by atoms with Crippen LogP contribution in [0, 0.1) is 0 Å².